The molecule has 1 aliphatic heterocycles. The number of piperidine rings is 1. The summed E-state index contributed by atoms with van der Waals surface area (Å²) in [5, 5.41) is 0. The Morgan fingerprint density at radius 2 is 2.32 bits per heavy atom. The highest BCUT2D eigenvalue weighted by Crippen LogP contribution is 2.47. The van der Waals surface area contributed by atoms with Crippen LogP contribution in [0.5, 0.6) is 5.88 Å². The molecule has 0 amide bonds. The fourth-order valence-electron chi connectivity index (χ4n) is 3.51. The highest BCUT2D eigenvalue weighted by atomic mass is 16.5. The summed E-state index contributed by atoms with van der Waals surface area (Å²) in [6, 6.07) is 0.299. The van der Waals surface area contributed by atoms with Gasteiger partial charge in [-0.15, -0.1) is 0 Å². The van der Waals surface area contributed by atoms with Crippen molar-refractivity contribution < 1.29 is 4.74 Å². The van der Waals surface area contributed by atoms with E-state index in [1.165, 1.54) is 25.7 Å². The van der Waals surface area contributed by atoms with Gasteiger partial charge in [0.25, 0.3) is 0 Å². The molecule has 1 spiro atoms. The Kier molecular flexibility index (Phi) is 3.41. The van der Waals surface area contributed by atoms with Gasteiger partial charge < -0.3 is 10.5 Å². The van der Waals surface area contributed by atoms with E-state index in [2.05, 4.69) is 14.9 Å². The summed E-state index contributed by atoms with van der Waals surface area (Å²) >= 11 is 0. The Hall–Kier alpha value is -1.20. The quantitative estimate of drug-likeness (QED) is 0.886. The van der Waals surface area contributed by atoms with E-state index in [4.69, 9.17) is 10.5 Å². The number of methoxy groups -OCH3 is 1. The van der Waals surface area contributed by atoms with Gasteiger partial charge >= 0.3 is 0 Å². The predicted molar refractivity (Wildman–Crippen MR) is 72.7 cm³/mol. The third kappa shape index (κ3) is 2.72. The van der Waals surface area contributed by atoms with Crippen LogP contribution in [0.4, 0.5) is 0 Å². The first-order valence-corrected chi connectivity index (χ1v) is 7.02. The number of ether oxygens (including phenoxy) is 1. The first-order valence-electron chi connectivity index (χ1n) is 7.02. The standard InChI is InChI=1S/C14H22N4O/c1-19-13-7-16-6-12(17-13)9-18-8-11(15)5-14(10-18)3-2-4-14/h6-7,11H,2-5,8-10,15H2,1H3. The van der Waals surface area contributed by atoms with E-state index < -0.39 is 0 Å². The topological polar surface area (TPSA) is 64.3 Å². The van der Waals surface area contributed by atoms with Gasteiger partial charge in [0.1, 0.15) is 0 Å². The minimum absolute atomic E-state index is 0.299. The molecule has 1 saturated heterocycles. The van der Waals surface area contributed by atoms with E-state index in [1.54, 1.807) is 13.3 Å². The maximum atomic E-state index is 6.22. The number of hydrogen-bond donors (Lipinski definition) is 1. The molecule has 0 radical (unpaired) electrons. The van der Waals surface area contributed by atoms with E-state index >= 15 is 0 Å². The molecule has 1 saturated carbocycles. The number of nitrogens with zero attached hydrogens (tertiary/aromatic N) is 3. The summed E-state index contributed by atoms with van der Waals surface area (Å²) in [7, 11) is 1.62. The molecule has 3 rings (SSSR count). The fraction of sp³-hybridized carbons (Fsp3) is 0.714. The van der Waals surface area contributed by atoms with E-state index in [0.29, 0.717) is 17.3 Å². The van der Waals surface area contributed by atoms with Crippen molar-refractivity contribution in [2.45, 2.75) is 38.3 Å². The average Bonchev–Trinajstić information content (AvgIpc) is 2.36. The molecule has 0 aromatic carbocycles. The molecule has 104 valence electrons. The van der Waals surface area contributed by atoms with Gasteiger partial charge in [-0.1, -0.05) is 6.42 Å². The second-order valence-electron chi connectivity index (χ2n) is 6.04. The number of likely N-dealkylation sites (tertiary alicyclic amines) is 1. The van der Waals surface area contributed by atoms with Crippen molar-refractivity contribution >= 4 is 0 Å². The molecule has 1 aliphatic carbocycles. The molecule has 2 aliphatic rings. The van der Waals surface area contributed by atoms with Crippen LogP contribution in [0.2, 0.25) is 0 Å². The Bertz CT molecular complexity index is 447. The largest absolute Gasteiger partial charge is 0.480 e. The third-order valence-corrected chi connectivity index (χ3v) is 4.42. The monoisotopic (exact) mass is 262 g/mol. The van der Waals surface area contributed by atoms with E-state index in [1.807, 2.05) is 6.20 Å². The van der Waals surface area contributed by atoms with Crippen LogP contribution < -0.4 is 10.5 Å². The van der Waals surface area contributed by atoms with Crippen molar-refractivity contribution in [1.29, 1.82) is 0 Å². The maximum absolute atomic E-state index is 6.22. The second-order valence-corrected chi connectivity index (χ2v) is 6.04. The molecule has 2 N–H and O–H groups in total. The Balaban J connectivity index is 1.68. The fourth-order valence-corrected chi connectivity index (χ4v) is 3.51. The smallest absolute Gasteiger partial charge is 0.232 e. The van der Waals surface area contributed by atoms with Gasteiger partial charge in [0.05, 0.1) is 19.0 Å². The highest BCUT2D eigenvalue weighted by molar-refractivity contribution is 5.09. The van der Waals surface area contributed by atoms with E-state index in [9.17, 15) is 0 Å². The van der Waals surface area contributed by atoms with Crippen molar-refractivity contribution in [2.75, 3.05) is 20.2 Å². The van der Waals surface area contributed by atoms with Crippen LogP contribution in [0.3, 0.4) is 0 Å². The van der Waals surface area contributed by atoms with Gasteiger partial charge in [-0.3, -0.25) is 9.88 Å². The van der Waals surface area contributed by atoms with Crippen LogP contribution in [-0.2, 0) is 6.54 Å². The molecule has 5 nitrogen and oxygen atoms in total. The minimum Gasteiger partial charge on any atom is -0.480 e. The SMILES string of the molecule is COc1cncc(CN2CC(N)CC3(CCC3)C2)n1. The zero-order valence-electron chi connectivity index (χ0n) is 11.5. The second kappa shape index (κ2) is 5.06. The third-order valence-electron chi connectivity index (χ3n) is 4.42. The van der Waals surface area contributed by atoms with Gasteiger partial charge in [-0.05, 0) is 24.7 Å². The van der Waals surface area contributed by atoms with Gasteiger partial charge in [0.15, 0.2) is 0 Å². The molecular formula is C14H22N4O. The molecule has 1 aromatic rings. The number of rotatable bonds is 3. The Labute approximate surface area is 114 Å². The normalized spacial score (nSPS) is 26.1. The van der Waals surface area contributed by atoms with Crippen molar-refractivity contribution in [3.05, 3.63) is 18.1 Å². The van der Waals surface area contributed by atoms with Gasteiger partial charge in [-0.2, -0.15) is 0 Å². The number of nitrogens with two attached hydrogens (primary N) is 1. The molecule has 1 unspecified atom stereocenters. The van der Waals surface area contributed by atoms with Crippen LogP contribution in [-0.4, -0.2) is 41.1 Å². The lowest BCUT2D eigenvalue weighted by Gasteiger charge is -2.51. The van der Waals surface area contributed by atoms with E-state index in [0.717, 1.165) is 25.3 Å². The summed E-state index contributed by atoms with van der Waals surface area (Å²) < 4.78 is 5.12. The molecule has 19 heavy (non-hydrogen) atoms. The summed E-state index contributed by atoms with van der Waals surface area (Å²) in [6.07, 6.45) is 8.67. The van der Waals surface area contributed by atoms with Crippen molar-refractivity contribution in [3.8, 4) is 5.88 Å². The molecule has 0 bridgehead atoms. The lowest BCUT2D eigenvalue weighted by Crippen LogP contribution is -2.54. The highest BCUT2D eigenvalue weighted by Gasteiger charge is 2.42. The lowest BCUT2D eigenvalue weighted by molar-refractivity contribution is 0.00578. The maximum Gasteiger partial charge on any atom is 0.232 e. The zero-order valence-corrected chi connectivity index (χ0v) is 11.5. The summed E-state index contributed by atoms with van der Waals surface area (Å²) in [5.41, 5.74) is 7.67. The number of hydrogen-bond acceptors (Lipinski definition) is 5. The molecule has 2 heterocycles. The summed E-state index contributed by atoms with van der Waals surface area (Å²) in [4.78, 5) is 11.0. The Morgan fingerprint density at radius 3 is 3.00 bits per heavy atom. The van der Waals surface area contributed by atoms with Crippen molar-refractivity contribution in [1.82, 2.24) is 14.9 Å². The molecule has 1 atom stereocenters. The minimum atomic E-state index is 0.299. The van der Waals surface area contributed by atoms with Gasteiger partial charge in [0, 0.05) is 31.9 Å². The zero-order chi connectivity index (χ0) is 13.3. The van der Waals surface area contributed by atoms with Crippen LogP contribution in [0, 0.1) is 5.41 Å². The van der Waals surface area contributed by atoms with Crippen molar-refractivity contribution in [2.24, 2.45) is 11.1 Å². The molecular weight excluding hydrogens is 240 g/mol. The number of aromatic nitrogens is 2. The van der Waals surface area contributed by atoms with Crippen LogP contribution in [0.25, 0.3) is 0 Å². The van der Waals surface area contributed by atoms with Crippen LogP contribution in [0.15, 0.2) is 12.4 Å². The van der Waals surface area contributed by atoms with Gasteiger partial charge in [0.2, 0.25) is 5.88 Å². The van der Waals surface area contributed by atoms with Crippen molar-refractivity contribution in [3.63, 3.8) is 0 Å². The first-order chi connectivity index (χ1) is 9.19. The molecule has 5 heteroatoms. The first kappa shape index (κ1) is 12.8. The molecule has 1 aromatic heterocycles. The van der Waals surface area contributed by atoms with Crippen LogP contribution in [0.1, 0.15) is 31.4 Å². The lowest BCUT2D eigenvalue weighted by atomic mass is 9.63. The van der Waals surface area contributed by atoms with Crippen LogP contribution >= 0.6 is 0 Å². The predicted octanol–water partition coefficient (Wildman–Crippen LogP) is 1.19. The van der Waals surface area contributed by atoms with Gasteiger partial charge in [-0.25, -0.2) is 4.98 Å². The Morgan fingerprint density at radius 1 is 1.47 bits per heavy atom. The summed E-state index contributed by atoms with van der Waals surface area (Å²) in [6.45, 7) is 2.93. The average molecular weight is 262 g/mol. The molecule has 2 fully saturated rings. The van der Waals surface area contributed by atoms with E-state index in [-0.39, 0.29) is 0 Å². The summed E-state index contributed by atoms with van der Waals surface area (Å²) in [5.74, 6) is 0.581.